The lowest BCUT2D eigenvalue weighted by Crippen LogP contribution is -2.41. The Morgan fingerprint density at radius 1 is 1.64 bits per heavy atom. The second-order valence-electron chi connectivity index (χ2n) is 3.46. The highest BCUT2D eigenvalue weighted by Gasteiger charge is 2.16. The minimum atomic E-state index is 0.288. The Kier molecular flexibility index (Phi) is 2.89. The fraction of sp³-hybridized carbons (Fsp3) is 0.500. The summed E-state index contributed by atoms with van der Waals surface area (Å²) in [4.78, 5) is 6.23. The van der Waals surface area contributed by atoms with Crippen molar-refractivity contribution >= 4 is 17.3 Å². The van der Waals surface area contributed by atoms with E-state index in [1.54, 1.807) is 6.20 Å². The second kappa shape index (κ2) is 4.15. The van der Waals surface area contributed by atoms with E-state index < -0.39 is 0 Å². The van der Waals surface area contributed by atoms with Crippen LogP contribution in [0.2, 0.25) is 5.15 Å². The maximum absolute atomic E-state index is 5.83. The number of anilines is 1. The molecule has 0 aromatic carbocycles. The van der Waals surface area contributed by atoms with Crippen LogP contribution in [0.25, 0.3) is 0 Å². The van der Waals surface area contributed by atoms with Gasteiger partial charge in [0.15, 0.2) is 0 Å². The van der Waals surface area contributed by atoms with Crippen LogP contribution in [0.5, 0.6) is 0 Å². The summed E-state index contributed by atoms with van der Waals surface area (Å²) in [6.45, 7) is 4.70. The first-order valence-electron chi connectivity index (χ1n) is 4.74. The zero-order valence-electron chi connectivity index (χ0n) is 8.11. The van der Waals surface area contributed by atoms with Gasteiger partial charge < -0.3 is 9.64 Å². The molecule has 0 spiro atoms. The van der Waals surface area contributed by atoms with E-state index in [4.69, 9.17) is 16.3 Å². The molecule has 0 N–H and O–H groups in total. The van der Waals surface area contributed by atoms with E-state index in [1.807, 2.05) is 12.1 Å². The first kappa shape index (κ1) is 9.74. The van der Waals surface area contributed by atoms with E-state index in [9.17, 15) is 0 Å². The third-order valence-corrected chi connectivity index (χ3v) is 2.52. The predicted octanol–water partition coefficient (Wildman–Crippen LogP) is 1.96. The van der Waals surface area contributed by atoms with Crippen LogP contribution in [0.15, 0.2) is 18.3 Å². The Morgan fingerprint density at radius 3 is 3.21 bits per heavy atom. The molecule has 1 aliphatic heterocycles. The first-order chi connectivity index (χ1) is 6.75. The van der Waals surface area contributed by atoms with Crippen molar-refractivity contribution < 1.29 is 4.74 Å². The summed E-state index contributed by atoms with van der Waals surface area (Å²) in [5, 5.41) is 0.543. The minimum Gasteiger partial charge on any atom is -0.375 e. The average molecular weight is 213 g/mol. The molecule has 1 aliphatic rings. The van der Waals surface area contributed by atoms with Crippen LogP contribution < -0.4 is 4.90 Å². The van der Waals surface area contributed by atoms with Gasteiger partial charge >= 0.3 is 0 Å². The zero-order valence-corrected chi connectivity index (χ0v) is 8.87. The van der Waals surface area contributed by atoms with Gasteiger partial charge in [-0.2, -0.15) is 0 Å². The largest absolute Gasteiger partial charge is 0.375 e. The quantitative estimate of drug-likeness (QED) is 0.666. The molecular formula is C10H13ClN2O. The van der Waals surface area contributed by atoms with E-state index in [2.05, 4.69) is 16.8 Å². The topological polar surface area (TPSA) is 25.4 Å². The van der Waals surface area contributed by atoms with Crippen LogP contribution in [-0.2, 0) is 4.74 Å². The molecule has 1 atom stereocenters. The predicted molar refractivity (Wildman–Crippen MR) is 56.9 cm³/mol. The molecule has 1 unspecified atom stereocenters. The molecule has 76 valence electrons. The molecule has 0 bridgehead atoms. The third-order valence-electron chi connectivity index (χ3n) is 2.32. The average Bonchev–Trinajstić information content (AvgIpc) is 2.18. The van der Waals surface area contributed by atoms with E-state index in [0.29, 0.717) is 5.15 Å². The molecule has 14 heavy (non-hydrogen) atoms. The highest BCUT2D eigenvalue weighted by molar-refractivity contribution is 6.29. The Balaban J connectivity index is 2.14. The standard InChI is InChI=1S/C10H13ClN2O/c1-8-7-13(4-5-14-8)9-2-3-12-10(11)6-9/h2-3,6,8H,4-5,7H2,1H3. The number of nitrogens with zero attached hydrogens (tertiary/aromatic N) is 2. The second-order valence-corrected chi connectivity index (χ2v) is 3.85. The SMILES string of the molecule is CC1CN(c2ccnc(Cl)c2)CCO1. The summed E-state index contributed by atoms with van der Waals surface area (Å²) in [5.74, 6) is 0. The highest BCUT2D eigenvalue weighted by Crippen LogP contribution is 2.19. The van der Waals surface area contributed by atoms with Gasteiger partial charge in [-0.05, 0) is 19.1 Å². The van der Waals surface area contributed by atoms with Gasteiger partial charge in [0.05, 0.1) is 12.7 Å². The summed E-state index contributed by atoms with van der Waals surface area (Å²) >= 11 is 5.83. The number of hydrogen-bond donors (Lipinski definition) is 0. The first-order valence-corrected chi connectivity index (χ1v) is 5.11. The van der Waals surface area contributed by atoms with Gasteiger partial charge in [-0.25, -0.2) is 4.98 Å². The van der Waals surface area contributed by atoms with Crippen molar-refractivity contribution in [2.24, 2.45) is 0 Å². The van der Waals surface area contributed by atoms with Gasteiger partial charge in [0.2, 0.25) is 0 Å². The summed E-state index contributed by atoms with van der Waals surface area (Å²) in [6.07, 6.45) is 2.02. The fourth-order valence-corrected chi connectivity index (χ4v) is 1.81. The number of morpholine rings is 1. The fourth-order valence-electron chi connectivity index (χ4n) is 1.64. The molecule has 1 aromatic heterocycles. The van der Waals surface area contributed by atoms with Gasteiger partial charge in [0.25, 0.3) is 0 Å². The molecule has 1 saturated heterocycles. The van der Waals surface area contributed by atoms with Crippen molar-refractivity contribution in [3.05, 3.63) is 23.5 Å². The van der Waals surface area contributed by atoms with Crippen LogP contribution in [-0.4, -0.2) is 30.8 Å². The Hall–Kier alpha value is -0.800. The van der Waals surface area contributed by atoms with Crippen molar-refractivity contribution in [1.82, 2.24) is 4.98 Å². The van der Waals surface area contributed by atoms with Crippen LogP contribution in [0, 0.1) is 0 Å². The summed E-state index contributed by atoms with van der Waals surface area (Å²) in [7, 11) is 0. The van der Waals surface area contributed by atoms with E-state index in [-0.39, 0.29) is 6.10 Å². The number of ether oxygens (including phenoxy) is 1. The van der Waals surface area contributed by atoms with Gasteiger partial charge in [0, 0.05) is 25.0 Å². The molecule has 1 aromatic rings. The van der Waals surface area contributed by atoms with Crippen molar-refractivity contribution in [3.63, 3.8) is 0 Å². The van der Waals surface area contributed by atoms with E-state index >= 15 is 0 Å². The molecule has 1 fully saturated rings. The molecule has 4 heteroatoms. The lowest BCUT2D eigenvalue weighted by molar-refractivity contribution is 0.0532. The minimum absolute atomic E-state index is 0.288. The molecule has 0 radical (unpaired) electrons. The maximum atomic E-state index is 5.83. The highest BCUT2D eigenvalue weighted by atomic mass is 35.5. The number of rotatable bonds is 1. The van der Waals surface area contributed by atoms with Gasteiger partial charge in [-0.3, -0.25) is 0 Å². The number of pyridine rings is 1. The van der Waals surface area contributed by atoms with Crippen LogP contribution >= 0.6 is 11.6 Å². The Morgan fingerprint density at radius 2 is 2.50 bits per heavy atom. The number of hydrogen-bond acceptors (Lipinski definition) is 3. The Labute approximate surface area is 88.6 Å². The van der Waals surface area contributed by atoms with Crippen LogP contribution in [0.3, 0.4) is 0 Å². The molecule has 2 rings (SSSR count). The lowest BCUT2D eigenvalue weighted by Gasteiger charge is -2.32. The third kappa shape index (κ3) is 2.16. The molecule has 0 saturated carbocycles. The summed E-state index contributed by atoms with van der Waals surface area (Å²) < 4.78 is 5.47. The van der Waals surface area contributed by atoms with Crippen molar-refractivity contribution in [3.8, 4) is 0 Å². The van der Waals surface area contributed by atoms with Crippen LogP contribution in [0.1, 0.15) is 6.92 Å². The van der Waals surface area contributed by atoms with Gasteiger partial charge in [-0.1, -0.05) is 11.6 Å². The van der Waals surface area contributed by atoms with E-state index in [1.165, 1.54) is 0 Å². The number of aromatic nitrogens is 1. The molecule has 0 amide bonds. The summed E-state index contributed by atoms with van der Waals surface area (Å²) in [5.41, 5.74) is 1.13. The van der Waals surface area contributed by atoms with Gasteiger partial charge in [0.1, 0.15) is 5.15 Å². The molecular weight excluding hydrogens is 200 g/mol. The molecule has 0 aliphatic carbocycles. The number of halogens is 1. The van der Waals surface area contributed by atoms with Crippen molar-refractivity contribution in [2.75, 3.05) is 24.6 Å². The zero-order chi connectivity index (χ0) is 9.97. The normalized spacial score (nSPS) is 22.4. The molecule has 2 heterocycles. The monoisotopic (exact) mass is 212 g/mol. The molecule has 3 nitrogen and oxygen atoms in total. The van der Waals surface area contributed by atoms with Crippen molar-refractivity contribution in [2.45, 2.75) is 13.0 Å². The van der Waals surface area contributed by atoms with Gasteiger partial charge in [-0.15, -0.1) is 0 Å². The maximum Gasteiger partial charge on any atom is 0.131 e. The van der Waals surface area contributed by atoms with Crippen molar-refractivity contribution in [1.29, 1.82) is 0 Å². The van der Waals surface area contributed by atoms with Crippen LogP contribution in [0.4, 0.5) is 5.69 Å². The lowest BCUT2D eigenvalue weighted by atomic mass is 10.2. The van der Waals surface area contributed by atoms with E-state index in [0.717, 1.165) is 25.4 Å². The smallest absolute Gasteiger partial charge is 0.131 e. The Bertz CT molecular complexity index is 319. The summed E-state index contributed by atoms with van der Waals surface area (Å²) in [6, 6.07) is 3.86.